The first-order valence-electron chi connectivity index (χ1n) is 10.4. The molecule has 9 nitrogen and oxygen atoms in total. The van der Waals surface area contributed by atoms with E-state index in [-0.39, 0.29) is 6.61 Å². The first-order chi connectivity index (χ1) is 15.3. The lowest BCUT2D eigenvalue weighted by Crippen LogP contribution is -2.14. The van der Waals surface area contributed by atoms with E-state index in [1.54, 1.807) is 12.1 Å². The number of esters is 1. The van der Waals surface area contributed by atoms with Crippen LogP contribution in [-0.2, 0) is 39.8 Å². The first kappa shape index (κ1) is 25.1. The maximum atomic E-state index is 11.3. The summed E-state index contributed by atoms with van der Waals surface area (Å²) in [4.78, 5) is 11.3. The van der Waals surface area contributed by atoms with Crippen LogP contribution in [0.15, 0.2) is 30.9 Å². The van der Waals surface area contributed by atoms with E-state index in [1.807, 2.05) is 6.07 Å². The minimum absolute atomic E-state index is 0.113. The summed E-state index contributed by atoms with van der Waals surface area (Å²) < 4.78 is 44.0. The van der Waals surface area contributed by atoms with Crippen LogP contribution in [0.1, 0.15) is 5.56 Å². The van der Waals surface area contributed by atoms with Gasteiger partial charge >= 0.3 is 5.97 Å². The van der Waals surface area contributed by atoms with E-state index >= 15 is 0 Å². The summed E-state index contributed by atoms with van der Waals surface area (Å²) in [6, 6.07) is 5.36. The Hall–Kier alpha value is -2.17. The van der Waals surface area contributed by atoms with Crippen LogP contribution < -0.4 is 9.47 Å². The maximum Gasteiger partial charge on any atom is 0.330 e. The molecule has 0 amide bonds. The average molecular weight is 440 g/mol. The van der Waals surface area contributed by atoms with Gasteiger partial charge in [-0.1, -0.05) is 12.6 Å². The fourth-order valence-electron chi connectivity index (χ4n) is 2.49. The zero-order valence-electron chi connectivity index (χ0n) is 17.9. The van der Waals surface area contributed by atoms with Crippen LogP contribution in [0.3, 0.4) is 0 Å². The van der Waals surface area contributed by atoms with Crippen molar-refractivity contribution < 1.29 is 42.7 Å². The van der Waals surface area contributed by atoms with Gasteiger partial charge in [0.25, 0.3) is 0 Å². The molecule has 174 valence electrons. The van der Waals surface area contributed by atoms with E-state index in [1.165, 1.54) is 0 Å². The highest BCUT2D eigenvalue weighted by molar-refractivity contribution is 5.81. The summed E-state index contributed by atoms with van der Waals surface area (Å²) in [6.45, 7) is 8.97. The predicted molar refractivity (Wildman–Crippen MR) is 112 cm³/mol. The number of carbonyl (C=O) groups is 1. The predicted octanol–water partition coefficient (Wildman–Crippen LogP) is 1.77. The molecule has 0 saturated carbocycles. The lowest BCUT2D eigenvalue weighted by Gasteiger charge is -2.15. The van der Waals surface area contributed by atoms with E-state index in [9.17, 15) is 4.79 Å². The van der Waals surface area contributed by atoms with Crippen molar-refractivity contribution in [2.75, 3.05) is 79.3 Å². The number of hydrogen-bond acceptors (Lipinski definition) is 9. The molecule has 0 atom stereocenters. The lowest BCUT2D eigenvalue weighted by atomic mass is 10.2. The largest absolute Gasteiger partial charge is 0.487 e. The van der Waals surface area contributed by atoms with Crippen LogP contribution in [0.4, 0.5) is 0 Å². The molecule has 0 fully saturated rings. The summed E-state index contributed by atoms with van der Waals surface area (Å²) in [6.07, 6.45) is 1.12. The highest BCUT2D eigenvalue weighted by atomic mass is 16.6. The summed E-state index contributed by atoms with van der Waals surface area (Å²) in [5.41, 5.74) is 0.771. The number of ether oxygens (including phenoxy) is 8. The molecule has 0 saturated heterocycles. The van der Waals surface area contributed by atoms with E-state index in [2.05, 4.69) is 6.58 Å². The van der Waals surface area contributed by atoms with Crippen molar-refractivity contribution in [1.82, 2.24) is 0 Å². The monoisotopic (exact) mass is 440 g/mol. The Morgan fingerprint density at radius 2 is 1.19 bits per heavy atom. The van der Waals surface area contributed by atoms with Crippen molar-refractivity contribution in [3.63, 3.8) is 0 Å². The van der Waals surface area contributed by atoms with Crippen molar-refractivity contribution in [2.24, 2.45) is 0 Å². The van der Waals surface area contributed by atoms with Crippen LogP contribution in [0.25, 0.3) is 0 Å². The molecular formula is C22H32O9. The van der Waals surface area contributed by atoms with Crippen molar-refractivity contribution in [3.8, 4) is 11.5 Å². The lowest BCUT2D eigenvalue weighted by molar-refractivity contribution is -0.138. The van der Waals surface area contributed by atoms with Gasteiger partial charge in [0.15, 0.2) is 11.5 Å². The molecule has 1 aromatic rings. The van der Waals surface area contributed by atoms with Gasteiger partial charge < -0.3 is 37.9 Å². The number of benzene rings is 1. The van der Waals surface area contributed by atoms with Gasteiger partial charge in [-0.05, 0) is 17.7 Å². The second-order valence-electron chi connectivity index (χ2n) is 6.35. The number of carbonyl (C=O) groups excluding carboxylic acids is 1. The van der Waals surface area contributed by atoms with Crippen LogP contribution >= 0.6 is 0 Å². The van der Waals surface area contributed by atoms with E-state index in [0.29, 0.717) is 90.8 Å². The van der Waals surface area contributed by atoms with Gasteiger partial charge in [0.05, 0.1) is 66.1 Å². The highest BCUT2D eigenvalue weighted by Gasteiger charge is 2.09. The second-order valence-corrected chi connectivity index (χ2v) is 6.35. The Balaban J connectivity index is 1.88. The normalized spacial score (nSPS) is 18.3. The first-order valence-corrected chi connectivity index (χ1v) is 10.4. The molecule has 0 spiro atoms. The zero-order valence-corrected chi connectivity index (χ0v) is 17.9. The highest BCUT2D eigenvalue weighted by Crippen LogP contribution is 2.29. The third kappa shape index (κ3) is 11.7. The molecule has 2 rings (SSSR count). The fourth-order valence-corrected chi connectivity index (χ4v) is 2.49. The number of hydrogen-bond donors (Lipinski definition) is 0. The van der Waals surface area contributed by atoms with Crippen molar-refractivity contribution >= 4 is 5.97 Å². The third-order valence-electron chi connectivity index (χ3n) is 4.01. The van der Waals surface area contributed by atoms with Gasteiger partial charge in [0.2, 0.25) is 0 Å². The van der Waals surface area contributed by atoms with Gasteiger partial charge in [-0.25, -0.2) is 4.79 Å². The molecule has 1 aromatic carbocycles. The minimum atomic E-state index is -0.485. The van der Waals surface area contributed by atoms with Gasteiger partial charge in [-0.3, -0.25) is 0 Å². The van der Waals surface area contributed by atoms with E-state index in [0.717, 1.165) is 11.6 Å². The topological polar surface area (TPSA) is 90.9 Å². The average Bonchev–Trinajstić information content (AvgIpc) is 2.79. The number of rotatable bonds is 3. The van der Waals surface area contributed by atoms with Gasteiger partial charge in [0.1, 0.15) is 19.8 Å². The molecule has 1 heterocycles. The van der Waals surface area contributed by atoms with E-state index < -0.39 is 5.97 Å². The molecule has 9 heteroatoms. The Morgan fingerprint density at radius 1 is 0.742 bits per heavy atom. The van der Waals surface area contributed by atoms with Crippen molar-refractivity contribution in [3.05, 3.63) is 36.4 Å². The molecule has 0 bridgehead atoms. The Kier molecular flexibility index (Phi) is 13.4. The molecule has 31 heavy (non-hydrogen) atoms. The molecule has 0 N–H and O–H groups in total. The smallest absolute Gasteiger partial charge is 0.330 e. The molecule has 1 aliphatic rings. The molecule has 0 radical (unpaired) electrons. The van der Waals surface area contributed by atoms with Crippen molar-refractivity contribution in [1.29, 1.82) is 0 Å². The standard InChI is InChI=1S/C22H32O9/c1-2-22(23)31-18-19-3-4-20-21(17-19)30-16-14-28-12-10-26-8-6-24-5-7-25-9-11-27-13-15-29-20/h2-4,17H,1,5-16,18H2. The van der Waals surface area contributed by atoms with Gasteiger partial charge in [0, 0.05) is 6.08 Å². The minimum Gasteiger partial charge on any atom is -0.487 e. The summed E-state index contributed by atoms with van der Waals surface area (Å²) in [5.74, 6) is 0.630. The number of fused-ring (bicyclic) bond motifs is 1. The van der Waals surface area contributed by atoms with Crippen LogP contribution in [0.5, 0.6) is 11.5 Å². The zero-order chi connectivity index (χ0) is 22.0. The maximum absolute atomic E-state index is 11.3. The molecule has 0 aliphatic carbocycles. The molecule has 0 unspecified atom stereocenters. The Labute approximate surface area is 183 Å². The third-order valence-corrected chi connectivity index (χ3v) is 4.01. The van der Waals surface area contributed by atoms with E-state index in [4.69, 9.17) is 37.9 Å². The van der Waals surface area contributed by atoms with Gasteiger partial charge in [-0.2, -0.15) is 0 Å². The SMILES string of the molecule is C=CC(=O)OCc1ccc2c(c1)OCCOCCOCCOCCOCCOCCO2. The van der Waals surface area contributed by atoms with Crippen LogP contribution in [0.2, 0.25) is 0 Å². The quantitative estimate of drug-likeness (QED) is 0.515. The second kappa shape index (κ2) is 16.5. The van der Waals surface area contributed by atoms with Crippen LogP contribution in [0, 0.1) is 0 Å². The summed E-state index contributed by atoms with van der Waals surface area (Å²) >= 11 is 0. The summed E-state index contributed by atoms with van der Waals surface area (Å²) in [7, 11) is 0. The Morgan fingerprint density at radius 3 is 1.68 bits per heavy atom. The summed E-state index contributed by atoms with van der Waals surface area (Å²) in [5, 5.41) is 0. The Bertz CT molecular complexity index is 635. The fraction of sp³-hybridized carbons (Fsp3) is 0.591. The molecule has 1 aliphatic heterocycles. The van der Waals surface area contributed by atoms with Crippen molar-refractivity contribution in [2.45, 2.75) is 6.61 Å². The van der Waals surface area contributed by atoms with Crippen LogP contribution in [-0.4, -0.2) is 85.3 Å². The molecule has 0 aromatic heterocycles. The van der Waals surface area contributed by atoms with Gasteiger partial charge in [-0.15, -0.1) is 0 Å². The molecular weight excluding hydrogens is 408 g/mol.